The smallest absolute Gasteiger partial charge is 0.238 e. The summed E-state index contributed by atoms with van der Waals surface area (Å²) < 4.78 is 49.0. The van der Waals surface area contributed by atoms with Gasteiger partial charge in [0.2, 0.25) is 23.7 Å². The summed E-state index contributed by atoms with van der Waals surface area (Å²) >= 11 is 18.9. The van der Waals surface area contributed by atoms with E-state index in [-0.39, 0.29) is 47.0 Å². The second-order valence-electron chi connectivity index (χ2n) is 15.1. The molecule has 0 amide bonds. The summed E-state index contributed by atoms with van der Waals surface area (Å²) in [4.78, 5) is 26.6. The molecule has 8 rings (SSSR count). The van der Waals surface area contributed by atoms with Gasteiger partial charge >= 0.3 is 0 Å². The molecule has 2 aromatic carbocycles. The highest BCUT2D eigenvalue weighted by Gasteiger charge is 2.24. The molecule has 14 nitrogen and oxygen atoms in total. The third-order valence-electron chi connectivity index (χ3n) is 10.2. The molecule has 2 atom stereocenters. The lowest BCUT2D eigenvalue weighted by atomic mass is 10.2. The first kappa shape index (κ1) is 49.0. The molecule has 6 heterocycles. The SMILES string of the molecule is COc1ccc(COc2nc(-c3ccnc(F)c3)nc(Cl)c2Cl)cc1.COc1ccc(COc2nc(-c3ccnc(F)c3)nc(N3CCCC[C@@H](N)C3)c2Cl)cc1.N[C@@H]1CCCCNC1. The van der Waals surface area contributed by atoms with Gasteiger partial charge in [-0.15, -0.1) is 0 Å². The van der Waals surface area contributed by atoms with Crippen molar-refractivity contribution in [1.29, 1.82) is 0 Å². The van der Waals surface area contributed by atoms with Gasteiger partial charge in [0.1, 0.15) is 34.8 Å². The van der Waals surface area contributed by atoms with Crippen molar-refractivity contribution in [3.8, 4) is 46.0 Å². The Kier molecular flexibility index (Phi) is 18.6. The molecule has 0 saturated carbocycles. The maximum atomic E-state index is 13.8. The summed E-state index contributed by atoms with van der Waals surface area (Å²) in [5.74, 6) is 1.64. The zero-order valence-electron chi connectivity index (χ0n) is 36.0. The highest BCUT2D eigenvalue weighted by atomic mass is 35.5. The molecule has 4 aromatic heterocycles. The minimum Gasteiger partial charge on any atom is -0.497 e. The van der Waals surface area contributed by atoms with E-state index in [0.717, 1.165) is 61.5 Å². The highest BCUT2D eigenvalue weighted by molar-refractivity contribution is 6.42. The van der Waals surface area contributed by atoms with Crippen LogP contribution in [-0.4, -0.2) is 82.4 Å². The van der Waals surface area contributed by atoms with Crippen LogP contribution in [0.3, 0.4) is 0 Å². The van der Waals surface area contributed by atoms with Gasteiger partial charge in [0, 0.05) is 67.4 Å². The third-order valence-corrected chi connectivity index (χ3v) is 11.3. The first-order chi connectivity index (χ1) is 31.5. The third kappa shape index (κ3) is 14.8. The average Bonchev–Trinajstić information content (AvgIpc) is 3.71. The number of hydrogen-bond donors (Lipinski definition) is 3. The van der Waals surface area contributed by atoms with E-state index >= 15 is 0 Å². The summed E-state index contributed by atoms with van der Waals surface area (Å²) in [6.07, 6.45) is 9.46. The summed E-state index contributed by atoms with van der Waals surface area (Å²) in [7, 11) is 3.21. The Bertz CT molecular complexity index is 2440. The average molecular weight is 952 g/mol. The normalized spacial score (nSPS) is 16.1. The number of aromatic nitrogens is 6. The van der Waals surface area contributed by atoms with Gasteiger partial charge < -0.3 is 40.6 Å². The molecule has 2 fully saturated rings. The van der Waals surface area contributed by atoms with Crippen LogP contribution >= 0.6 is 34.8 Å². The van der Waals surface area contributed by atoms with Crippen molar-refractivity contribution in [2.24, 2.45) is 11.5 Å². The van der Waals surface area contributed by atoms with Crippen LogP contribution in [0.25, 0.3) is 22.8 Å². The number of methoxy groups -OCH3 is 2. The molecule has 5 N–H and O–H groups in total. The molecule has 65 heavy (non-hydrogen) atoms. The number of pyridine rings is 2. The predicted molar refractivity (Wildman–Crippen MR) is 249 cm³/mol. The number of benzene rings is 2. The molecular formula is C46H51Cl3F2N10O4. The van der Waals surface area contributed by atoms with E-state index in [2.05, 4.69) is 40.1 Å². The first-order valence-electron chi connectivity index (χ1n) is 21.0. The standard InChI is InChI=1S/C23H25ClFN5O2.C17H12Cl2FN3O2.C6H14N2/c1-31-18-7-5-15(6-8-18)14-32-23-20(24)22(30-11-3-2-4-17(26)13-30)28-21(29-23)16-9-10-27-19(25)12-16;1-24-12-4-2-10(3-5-12)9-25-17-14(18)15(19)22-16(23-17)11-6-7-21-13(20)8-11;7-6-3-1-2-4-8-5-6/h5-10,12,17H,2-4,11,13-14,26H2,1H3;2-8H,9H2,1H3;6,8H,1-5,7H2/t17-;;6-/m1.1/s1. The Hall–Kier alpha value is -5.49. The largest absolute Gasteiger partial charge is 0.497 e. The number of ether oxygens (including phenoxy) is 4. The summed E-state index contributed by atoms with van der Waals surface area (Å²) in [5, 5.41) is 3.70. The van der Waals surface area contributed by atoms with Gasteiger partial charge in [0.25, 0.3) is 0 Å². The van der Waals surface area contributed by atoms with Crippen molar-refractivity contribution < 1.29 is 27.7 Å². The van der Waals surface area contributed by atoms with Crippen molar-refractivity contribution in [3.05, 3.63) is 123 Å². The molecule has 0 unspecified atom stereocenters. The minimum atomic E-state index is -0.645. The fourth-order valence-corrected chi connectivity index (χ4v) is 7.28. The molecule has 0 aliphatic carbocycles. The number of nitrogens with zero attached hydrogens (tertiary/aromatic N) is 7. The number of anilines is 1. The second-order valence-corrected chi connectivity index (χ2v) is 16.2. The Morgan fingerprint density at radius 1 is 0.662 bits per heavy atom. The van der Waals surface area contributed by atoms with E-state index in [0.29, 0.717) is 40.4 Å². The summed E-state index contributed by atoms with van der Waals surface area (Å²) in [6.45, 7) is 4.05. The van der Waals surface area contributed by atoms with Gasteiger partial charge in [-0.25, -0.2) is 19.9 Å². The molecular weight excluding hydrogens is 901 g/mol. The van der Waals surface area contributed by atoms with Gasteiger partial charge in [-0.05, 0) is 79.8 Å². The predicted octanol–water partition coefficient (Wildman–Crippen LogP) is 8.90. The molecule has 344 valence electrons. The second kappa shape index (κ2) is 24.7. The quantitative estimate of drug-likeness (QED) is 0.0827. The van der Waals surface area contributed by atoms with Crippen LogP contribution in [0.5, 0.6) is 23.3 Å². The monoisotopic (exact) mass is 950 g/mol. The Morgan fingerprint density at radius 2 is 1.18 bits per heavy atom. The van der Waals surface area contributed by atoms with Gasteiger partial charge in [-0.1, -0.05) is 71.9 Å². The lowest BCUT2D eigenvalue weighted by Gasteiger charge is -2.25. The van der Waals surface area contributed by atoms with Crippen molar-refractivity contribution in [2.45, 2.75) is 63.8 Å². The molecule has 0 radical (unpaired) electrons. The van der Waals surface area contributed by atoms with Crippen LogP contribution in [0.1, 0.15) is 49.7 Å². The van der Waals surface area contributed by atoms with Crippen LogP contribution in [-0.2, 0) is 13.2 Å². The van der Waals surface area contributed by atoms with E-state index < -0.39 is 11.9 Å². The van der Waals surface area contributed by atoms with Crippen molar-refractivity contribution in [2.75, 3.05) is 45.3 Å². The number of rotatable bonds is 11. The van der Waals surface area contributed by atoms with Gasteiger partial charge in [-0.2, -0.15) is 18.7 Å². The first-order valence-corrected chi connectivity index (χ1v) is 22.2. The van der Waals surface area contributed by atoms with E-state index in [9.17, 15) is 8.78 Å². The summed E-state index contributed by atoms with van der Waals surface area (Å²) in [6, 6.07) is 21.0. The molecule has 2 aliphatic rings. The fourth-order valence-electron chi connectivity index (χ4n) is 6.72. The molecule has 0 bridgehead atoms. The number of nitrogens with one attached hydrogen (secondary N) is 1. The molecule has 2 saturated heterocycles. The molecule has 0 spiro atoms. The van der Waals surface area contributed by atoms with E-state index in [4.69, 9.17) is 65.2 Å². The lowest BCUT2D eigenvalue weighted by molar-refractivity contribution is 0.293. The minimum absolute atomic E-state index is 0.0219. The molecule has 6 aromatic rings. The topological polar surface area (TPSA) is 182 Å². The number of nitrogens with two attached hydrogens (primary N) is 2. The van der Waals surface area contributed by atoms with E-state index in [1.54, 1.807) is 26.4 Å². The molecule has 19 heteroatoms. The summed E-state index contributed by atoms with van der Waals surface area (Å²) in [5.41, 5.74) is 14.6. The Labute approximate surface area is 392 Å². The highest BCUT2D eigenvalue weighted by Crippen LogP contribution is 2.36. The maximum Gasteiger partial charge on any atom is 0.238 e. The zero-order chi connectivity index (χ0) is 46.1. The van der Waals surface area contributed by atoms with Crippen LogP contribution < -0.4 is 40.6 Å². The van der Waals surface area contributed by atoms with Crippen LogP contribution in [0.4, 0.5) is 14.6 Å². The lowest BCUT2D eigenvalue weighted by Crippen LogP contribution is -2.36. The van der Waals surface area contributed by atoms with E-state index in [1.807, 2.05) is 48.5 Å². The number of hydrogen-bond acceptors (Lipinski definition) is 14. The van der Waals surface area contributed by atoms with Crippen LogP contribution in [0.15, 0.2) is 85.2 Å². The van der Waals surface area contributed by atoms with Crippen molar-refractivity contribution >= 4 is 40.6 Å². The Morgan fingerprint density at radius 3 is 1.74 bits per heavy atom. The van der Waals surface area contributed by atoms with E-state index in [1.165, 1.54) is 43.8 Å². The van der Waals surface area contributed by atoms with Crippen LogP contribution in [0.2, 0.25) is 15.2 Å². The fraction of sp³-hybridized carbons (Fsp3) is 0.348. The zero-order valence-corrected chi connectivity index (χ0v) is 38.3. The Balaban J connectivity index is 0.000000188. The van der Waals surface area contributed by atoms with Gasteiger partial charge in [0.05, 0.1) is 14.2 Å². The van der Waals surface area contributed by atoms with Gasteiger partial charge in [0.15, 0.2) is 22.6 Å². The van der Waals surface area contributed by atoms with Gasteiger partial charge in [-0.3, -0.25) is 0 Å². The number of halogens is 5. The maximum absolute atomic E-state index is 13.8. The van der Waals surface area contributed by atoms with Crippen LogP contribution in [0, 0.1) is 11.9 Å². The van der Waals surface area contributed by atoms with Crippen molar-refractivity contribution in [3.63, 3.8) is 0 Å². The van der Waals surface area contributed by atoms with Crippen molar-refractivity contribution in [1.82, 2.24) is 35.2 Å². The molecule has 2 aliphatic heterocycles.